The van der Waals surface area contributed by atoms with E-state index in [0.717, 1.165) is 11.2 Å². The Labute approximate surface area is 113 Å². The molecule has 0 radical (unpaired) electrons. The average molecular weight is 259 g/mol. The van der Waals surface area contributed by atoms with Crippen LogP contribution in [0, 0.1) is 0 Å². The van der Waals surface area contributed by atoms with Crippen LogP contribution < -0.4 is 5.59 Å². The molecule has 0 bridgehead atoms. The zero-order valence-corrected chi connectivity index (χ0v) is 12.0. The lowest BCUT2D eigenvalue weighted by Crippen LogP contribution is -2.41. The van der Waals surface area contributed by atoms with Crippen molar-refractivity contribution >= 4 is 23.9 Å². The fourth-order valence-electron chi connectivity index (χ4n) is 2.11. The van der Waals surface area contributed by atoms with Crippen molar-refractivity contribution in [2.45, 2.75) is 38.9 Å². The summed E-state index contributed by atoms with van der Waals surface area (Å²) in [5.74, 6) is 0. The van der Waals surface area contributed by atoms with Gasteiger partial charge in [-0.05, 0) is 33.8 Å². The molecule has 5 nitrogen and oxygen atoms in total. The van der Waals surface area contributed by atoms with Crippen molar-refractivity contribution in [3.05, 3.63) is 18.5 Å². The first-order valence-corrected chi connectivity index (χ1v) is 6.44. The zero-order valence-electron chi connectivity index (χ0n) is 12.0. The molecule has 0 amide bonds. The summed E-state index contributed by atoms with van der Waals surface area (Å²) in [4.78, 5) is 9.00. The number of hydrogen-bond donors (Lipinski definition) is 0. The largest absolute Gasteiger partial charge is 0.516 e. The van der Waals surface area contributed by atoms with Crippen LogP contribution >= 0.6 is 0 Å². The molecule has 0 spiro atoms. The molecule has 0 N–H and O–H groups in total. The molecule has 100 valence electrons. The minimum atomic E-state index is -0.461. The minimum absolute atomic E-state index is 0.359. The van der Waals surface area contributed by atoms with Crippen molar-refractivity contribution in [1.82, 2.24) is 14.5 Å². The molecule has 0 atom stereocenters. The van der Waals surface area contributed by atoms with E-state index in [1.165, 1.54) is 0 Å². The Morgan fingerprint density at radius 1 is 1.16 bits per heavy atom. The summed E-state index contributed by atoms with van der Waals surface area (Å²) in [6.45, 7) is 8.12. The summed E-state index contributed by atoms with van der Waals surface area (Å²) >= 11 is 0. The summed E-state index contributed by atoms with van der Waals surface area (Å²) in [6.07, 6.45) is 3.67. The third-order valence-corrected chi connectivity index (χ3v) is 4.08. The lowest BCUT2D eigenvalue weighted by molar-refractivity contribution is 0.00578. The summed E-state index contributed by atoms with van der Waals surface area (Å²) in [5, 5.41) is 0. The number of rotatable bonds is 1. The highest BCUT2D eigenvalue weighted by atomic mass is 16.7. The van der Waals surface area contributed by atoms with Gasteiger partial charge in [0.1, 0.15) is 5.52 Å². The van der Waals surface area contributed by atoms with Gasteiger partial charge in [0.2, 0.25) is 0 Å². The van der Waals surface area contributed by atoms with Gasteiger partial charge in [0.15, 0.2) is 5.65 Å². The topological polar surface area (TPSA) is 49.2 Å². The molecule has 0 saturated carbocycles. The monoisotopic (exact) mass is 259 g/mol. The average Bonchev–Trinajstić information content (AvgIpc) is 2.78. The van der Waals surface area contributed by atoms with E-state index in [0.29, 0.717) is 5.59 Å². The molecule has 1 saturated heterocycles. The normalized spacial score (nSPS) is 21.2. The molecule has 0 aromatic carbocycles. The summed E-state index contributed by atoms with van der Waals surface area (Å²) in [5.41, 5.74) is 1.72. The Morgan fingerprint density at radius 3 is 2.42 bits per heavy atom. The number of fused-ring (bicyclic) bond motifs is 1. The molecule has 3 rings (SSSR count). The van der Waals surface area contributed by atoms with E-state index < -0.39 is 7.12 Å². The summed E-state index contributed by atoms with van der Waals surface area (Å²) < 4.78 is 13.9. The first-order valence-electron chi connectivity index (χ1n) is 6.44. The first-order chi connectivity index (χ1) is 8.80. The Balaban J connectivity index is 2.00. The Morgan fingerprint density at radius 2 is 1.79 bits per heavy atom. The van der Waals surface area contributed by atoms with Crippen molar-refractivity contribution < 1.29 is 9.31 Å². The molecule has 19 heavy (non-hydrogen) atoms. The number of aromatic nitrogens is 3. The van der Waals surface area contributed by atoms with Crippen molar-refractivity contribution in [3.8, 4) is 0 Å². The minimum Gasteiger partial charge on any atom is -0.398 e. The smallest absolute Gasteiger partial charge is 0.398 e. The van der Waals surface area contributed by atoms with Gasteiger partial charge in [-0.25, -0.2) is 4.98 Å². The van der Waals surface area contributed by atoms with Crippen LogP contribution in [0.4, 0.5) is 0 Å². The maximum atomic E-state index is 5.98. The lowest BCUT2D eigenvalue weighted by Gasteiger charge is -2.32. The van der Waals surface area contributed by atoms with Crippen molar-refractivity contribution in [1.29, 1.82) is 0 Å². The lowest BCUT2D eigenvalue weighted by atomic mass is 9.85. The van der Waals surface area contributed by atoms with Crippen LogP contribution in [0.2, 0.25) is 0 Å². The van der Waals surface area contributed by atoms with Crippen LogP contribution in [-0.2, 0) is 16.4 Å². The summed E-state index contributed by atoms with van der Waals surface area (Å²) in [7, 11) is 1.49. The molecule has 1 aliphatic heterocycles. The number of hydrogen-bond acceptors (Lipinski definition) is 4. The molecule has 2 aromatic heterocycles. The predicted molar refractivity (Wildman–Crippen MR) is 74.2 cm³/mol. The van der Waals surface area contributed by atoms with E-state index in [9.17, 15) is 0 Å². The standard InChI is InChI=1S/C13H18BN3O2/c1-12(2)13(3,4)19-14(18-12)10-8-15-9-6-7-17(5)11(9)16-10/h6-8H,1-5H3. The third kappa shape index (κ3) is 1.86. The van der Waals surface area contributed by atoms with Gasteiger partial charge in [0.25, 0.3) is 0 Å². The highest BCUT2D eigenvalue weighted by Crippen LogP contribution is 2.36. The van der Waals surface area contributed by atoms with E-state index in [2.05, 4.69) is 9.97 Å². The molecule has 2 aromatic rings. The number of nitrogens with zero attached hydrogens (tertiary/aromatic N) is 3. The highest BCUT2D eigenvalue weighted by Gasteiger charge is 2.52. The Kier molecular flexibility index (Phi) is 2.53. The maximum Gasteiger partial charge on any atom is 0.516 e. The van der Waals surface area contributed by atoms with Crippen LogP contribution in [0.1, 0.15) is 27.7 Å². The second-order valence-electron chi connectivity index (χ2n) is 6.02. The zero-order chi connectivity index (χ0) is 13.8. The molecule has 3 heterocycles. The third-order valence-electron chi connectivity index (χ3n) is 4.08. The van der Waals surface area contributed by atoms with E-state index >= 15 is 0 Å². The van der Waals surface area contributed by atoms with E-state index in [1.54, 1.807) is 6.20 Å². The molecule has 0 aliphatic carbocycles. The van der Waals surface area contributed by atoms with Crippen LogP contribution in [0.15, 0.2) is 18.5 Å². The van der Waals surface area contributed by atoms with Gasteiger partial charge in [0, 0.05) is 19.4 Å². The van der Waals surface area contributed by atoms with Crippen LogP contribution in [-0.4, -0.2) is 32.9 Å². The fourth-order valence-corrected chi connectivity index (χ4v) is 2.11. The van der Waals surface area contributed by atoms with Crippen molar-refractivity contribution in [2.75, 3.05) is 0 Å². The van der Waals surface area contributed by atoms with Gasteiger partial charge >= 0.3 is 7.12 Å². The van der Waals surface area contributed by atoms with Crippen LogP contribution in [0.3, 0.4) is 0 Å². The Bertz CT molecular complexity index is 620. The molecule has 1 fully saturated rings. The molecule has 6 heteroatoms. The SMILES string of the molecule is Cn1ccc2ncc(B3OC(C)(C)C(C)(C)O3)nc21. The van der Waals surface area contributed by atoms with Gasteiger partial charge in [-0.3, -0.25) is 4.98 Å². The van der Waals surface area contributed by atoms with Crippen molar-refractivity contribution in [3.63, 3.8) is 0 Å². The van der Waals surface area contributed by atoms with Crippen LogP contribution in [0.25, 0.3) is 11.2 Å². The maximum absolute atomic E-state index is 5.98. The Hall–Kier alpha value is -1.40. The first kappa shape index (κ1) is 12.6. The molecule has 0 unspecified atom stereocenters. The number of aryl methyl sites for hydroxylation is 1. The second kappa shape index (κ2) is 3.80. The molecule has 1 aliphatic rings. The summed E-state index contributed by atoms with van der Waals surface area (Å²) in [6, 6.07) is 1.94. The van der Waals surface area contributed by atoms with Gasteiger partial charge < -0.3 is 13.9 Å². The van der Waals surface area contributed by atoms with Gasteiger partial charge in [-0.2, -0.15) is 0 Å². The highest BCUT2D eigenvalue weighted by molar-refractivity contribution is 6.61. The fraction of sp³-hybridized carbons (Fsp3) is 0.538. The second-order valence-corrected chi connectivity index (χ2v) is 6.02. The van der Waals surface area contributed by atoms with E-state index in [4.69, 9.17) is 9.31 Å². The van der Waals surface area contributed by atoms with Gasteiger partial charge in [-0.1, -0.05) is 0 Å². The molecular formula is C13H18BN3O2. The van der Waals surface area contributed by atoms with Crippen LogP contribution in [0.5, 0.6) is 0 Å². The van der Waals surface area contributed by atoms with Gasteiger partial charge in [0.05, 0.1) is 16.8 Å². The quantitative estimate of drug-likeness (QED) is 0.723. The van der Waals surface area contributed by atoms with Gasteiger partial charge in [-0.15, -0.1) is 0 Å². The van der Waals surface area contributed by atoms with E-state index in [-0.39, 0.29) is 11.2 Å². The molecular weight excluding hydrogens is 241 g/mol. The van der Waals surface area contributed by atoms with E-state index in [1.807, 2.05) is 51.6 Å². The van der Waals surface area contributed by atoms with Crippen molar-refractivity contribution in [2.24, 2.45) is 7.05 Å². The predicted octanol–water partition coefficient (Wildman–Crippen LogP) is 1.27.